The summed E-state index contributed by atoms with van der Waals surface area (Å²) in [5, 5.41) is 0. The molecule has 0 aliphatic heterocycles. The molecule has 10 heavy (non-hydrogen) atoms. The van der Waals surface area contributed by atoms with E-state index in [1.54, 1.807) is 0 Å². The van der Waals surface area contributed by atoms with Gasteiger partial charge in [-0.05, 0) is 12.0 Å². The second-order valence-electron chi connectivity index (χ2n) is 2.81. The molecule has 1 heteroatoms. The predicted octanol–water partition coefficient (Wildman–Crippen LogP) is 2.70. The Morgan fingerprint density at radius 2 is 2.30 bits per heavy atom. The van der Waals surface area contributed by atoms with Crippen LogP contribution in [0.4, 0.5) is 0 Å². The summed E-state index contributed by atoms with van der Waals surface area (Å²) < 4.78 is 0. The van der Waals surface area contributed by atoms with E-state index in [-0.39, 0.29) is 0 Å². The van der Waals surface area contributed by atoms with Crippen LogP contribution in [0.3, 0.4) is 0 Å². The molecule has 1 aliphatic rings. The summed E-state index contributed by atoms with van der Waals surface area (Å²) in [7, 11) is 0. The van der Waals surface area contributed by atoms with Crippen molar-refractivity contribution in [1.82, 2.24) is 0 Å². The number of thiocarbonyl (C=S) groups is 1. The highest BCUT2D eigenvalue weighted by Gasteiger charge is 2.06. The second kappa shape index (κ2) is 3.11. The first kappa shape index (κ1) is 7.67. The van der Waals surface area contributed by atoms with Gasteiger partial charge in [0, 0.05) is 11.3 Å². The van der Waals surface area contributed by atoms with Crippen LogP contribution in [0.1, 0.15) is 20.3 Å². The van der Waals surface area contributed by atoms with Crippen molar-refractivity contribution >= 4 is 17.1 Å². The van der Waals surface area contributed by atoms with Gasteiger partial charge in [-0.1, -0.05) is 43.8 Å². The molecule has 53 valence electrons. The minimum Gasteiger partial charge on any atom is -0.0839 e. The third-order valence-electron chi connectivity index (χ3n) is 1.65. The maximum absolute atomic E-state index is 5.02. The van der Waals surface area contributed by atoms with Crippen molar-refractivity contribution < 1.29 is 0 Å². The van der Waals surface area contributed by atoms with Crippen molar-refractivity contribution in [1.29, 1.82) is 0 Å². The normalized spacial score (nSPS) is 17.9. The molecule has 0 heterocycles. The summed E-state index contributed by atoms with van der Waals surface area (Å²) in [6.07, 6.45) is 7.96. The lowest BCUT2D eigenvalue weighted by atomic mass is 9.95. The Morgan fingerprint density at radius 1 is 1.60 bits per heavy atom. The molecule has 0 aromatic carbocycles. The fourth-order valence-corrected chi connectivity index (χ4v) is 1.17. The van der Waals surface area contributed by atoms with Crippen LogP contribution in [-0.4, -0.2) is 4.86 Å². The SMILES string of the molecule is CC(C)C1=CC=[C]C(=S)C1. The zero-order valence-corrected chi connectivity index (χ0v) is 7.16. The molecule has 0 saturated heterocycles. The Balaban J connectivity index is 2.70. The van der Waals surface area contributed by atoms with Crippen LogP contribution >= 0.6 is 12.2 Å². The second-order valence-corrected chi connectivity index (χ2v) is 3.30. The van der Waals surface area contributed by atoms with E-state index < -0.39 is 0 Å². The molecule has 1 rings (SSSR count). The fourth-order valence-electron chi connectivity index (χ4n) is 0.934. The van der Waals surface area contributed by atoms with Crippen molar-refractivity contribution in [3.63, 3.8) is 0 Å². The molecule has 0 bridgehead atoms. The minimum atomic E-state index is 0.622. The van der Waals surface area contributed by atoms with Crippen LogP contribution in [0, 0.1) is 12.0 Å². The van der Waals surface area contributed by atoms with Crippen molar-refractivity contribution in [2.75, 3.05) is 0 Å². The third-order valence-corrected chi connectivity index (χ3v) is 1.91. The molecule has 0 aromatic rings. The van der Waals surface area contributed by atoms with Crippen molar-refractivity contribution in [3.8, 4) is 0 Å². The molecule has 1 aliphatic carbocycles. The average molecular weight is 151 g/mol. The van der Waals surface area contributed by atoms with E-state index in [4.69, 9.17) is 12.2 Å². The van der Waals surface area contributed by atoms with Crippen molar-refractivity contribution in [2.45, 2.75) is 20.3 Å². The molecule has 0 spiro atoms. The van der Waals surface area contributed by atoms with Crippen LogP contribution in [0.15, 0.2) is 17.7 Å². The third kappa shape index (κ3) is 1.77. The summed E-state index contributed by atoms with van der Waals surface area (Å²) in [6.45, 7) is 4.38. The number of hydrogen-bond donors (Lipinski definition) is 0. The molecule has 0 saturated carbocycles. The molecule has 0 nitrogen and oxygen atoms in total. The quantitative estimate of drug-likeness (QED) is 0.519. The van der Waals surface area contributed by atoms with Gasteiger partial charge in [-0.25, -0.2) is 0 Å². The topological polar surface area (TPSA) is 0 Å². The van der Waals surface area contributed by atoms with Crippen LogP contribution in [-0.2, 0) is 0 Å². The van der Waals surface area contributed by atoms with Gasteiger partial charge in [0.05, 0.1) is 0 Å². The van der Waals surface area contributed by atoms with Gasteiger partial charge in [-0.2, -0.15) is 0 Å². The molecular weight excluding hydrogens is 140 g/mol. The van der Waals surface area contributed by atoms with Gasteiger partial charge in [-0.3, -0.25) is 0 Å². The van der Waals surface area contributed by atoms with Gasteiger partial charge >= 0.3 is 0 Å². The van der Waals surface area contributed by atoms with E-state index >= 15 is 0 Å². The van der Waals surface area contributed by atoms with Crippen LogP contribution in [0.5, 0.6) is 0 Å². The van der Waals surface area contributed by atoms with Gasteiger partial charge < -0.3 is 0 Å². The number of allylic oxidation sites excluding steroid dienone is 4. The Kier molecular flexibility index (Phi) is 2.39. The van der Waals surface area contributed by atoms with E-state index in [2.05, 4.69) is 26.0 Å². The van der Waals surface area contributed by atoms with E-state index in [0.717, 1.165) is 11.3 Å². The zero-order valence-electron chi connectivity index (χ0n) is 6.35. The lowest BCUT2D eigenvalue weighted by molar-refractivity contribution is 0.754. The highest BCUT2D eigenvalue weighted by Crippen LogP contribution is 2.17. The highest BCUT2D eigenvalue weighted by molar-refractivity contribution is 7.80. The van der Waals surface area contributed by atoms with Gasteiger partial charge in [-0.15, -0.1) is 0 Å². The first-order valence-corrected chi connectivity index (χ1v) is 3.92. The van der Waals surface area contributed by atoms with Gasteiger partial charge in [0.1, 0.15) is 0 Å². The highest BCUT2D eigenvalue weighted by atomic mass is 32.1. The first-order valence-electron chi connectivity index (χ1n) is 3.52. The lowest BCUT2D eigenvalue weighted by Gasteiger charge is -2.12. The molecule has 0 aromatic heterocycles. The standard InChI is InChI=1S/C9H11S/c1-7(2)8-4-3-5-9(10)6-8/h3-4,7H,6H2,1-2H3. The molecule has 0 atom stereocenters. The lowest BCUT2D eigenvalue weighted by Crippen LogP contribution is -2.03. The Morgan fingerprint density at radius 3 is 2.70 bits per heavy atom. The van der Waals surface area contributed by atoms with Gasteiger partial charge in [0.15, 0.2) is 0 Å². The van der Waals surface area contributed by atoms with Crippen LogP contribution in [0.2, 0.25) is 0 Å². The smallest absolute Gasteiger partial charge is 0.0271 e. The summed E-state index contributed by atoms with van der Waals surface area (Å²) >= 11 is 5.02. The fraction of sp³-hybridized carbons (Fsp3) is 0.444. The van der Waals surface area contributed by atoms with Crippen LogP contribution < -0.4 is 0 Å². The monoisotopic (exact) mass is 151 g/mol. The summed E-state index contributed by atoms with van der Waals surface area (Å²) in [6, 6.07) is 0. The number of hydrogen-bond acceptors (Lipinski definition) is 1. The van der Waals surface area contributed by atoms with Crippen molar-refractivity contribution in [2.24, 2.45) is 5.92 Å². The summed E-state index contributed by atoms with van der Waals surface area (Å²) in [5.74, 6) is 0.622. The maximum Gasteiger partial charge on any atom is 0.0271 e. The predicted molar refractivity (Wildman–Crippen MR) is 47.9 cm³/mol. The molecule has 0 amide bonds. The molecule has 0 N–H and O–H groups in total. The van der Waals surface area contributed by atoms with E-state index in [9.17, 15) is 0 Å². The minimum absolute atomic E-state index is 0.622. The van der Waals surface area contributed by atoms with E-state index in [1.807, 2.05) is 6.08 Å². The summed E-state index contributed by atoms with van der Waals surface area (Å²) in [4.78, 5) is 0.936. The molecule has 0 fully saturated rings. The first-order chi connectivity index (χ1) is 4.70. The van der Waals surface area contributed by atoms with Gasteiger partial charge in [0.2, 0.25) is 0 Å². The Labute approximate surface area is 67.6 Å². The average Bonchev–Trinajstić information content (AvgIpc) is 1.88. The molecule has 0 unspecified atom stereocenters. The largest absolute Gasteiger partial charge is 0.0839 e. The Bertz CT molecular complexity index is 197. The molecular formula is C9H11S. The summed E-state index contributed by atoms with van der Waals surface area (Å²) in [5.41, 5.74) is 1.42. The van der Waals surface area contributed by atoms with Crippen molar-refractivity contribution in [3.05, 3.63) is 23.8 Å². The number of rotatable bonds is 1. The Hall–Kier alpha value is -0.430. The molecule has 1 radical (unpaired) electrons. The van der Waals surface area contributed by atoms with E-state index in [0.29, 0.717) is 5.92 Å². The van der Waals surface area contributed by atoms with E-state index in [1.165, 1.54) is 5.57 Å². The maximum atomic E-state index is 5.02. The van der Waals surface area contributed by atoms with Gasteiger partial charge in [0.25, 0.3) is 0 Å². The zero-order chi connectivity index (χ0) is 7.56. The van der Waals surface area contributed by atoms with Crippen LogP contribution in [0.25, 0.3) is 0 Å².